The molecule has 1 aliphatic heterocycles. The number of nitrogens with zero attached hydrogens (tertiary/aromatic N) is 2. The Hall–Kier alpha value is -3.91. The summed E-state index contributed by atoms with van der Waals surface area (Å²) in [6, 6.07) is 20.1. The second-order valence-electron chi connectivity index (χ2n) is 9.49. The maximum Gasteiger partial charge on any atom is 0.307 e. The van der Waals surface area contributed by atoms with Crippen molar-refractivity contribution >= 4 is 40.6 Å². The lowest BCUT2D eigenvalue weighted by Crippen LogP contribution is -2.23. The molecule has 1 aliphatic rings. The summed E-state index contributed by atoms with van der Waals surface area (Å²) in [5.41, 5.74) is 3.64. The van der Waals surface area contributed by atoms with Gasteiger partial charge in [0.25, 0.3) is 5.91 Å². The number of likely N-dealkylation sites (N-methyl/N-ethyl adjacent to an activating group) is 1. The molecule has 0 radical (unpaired) electrons. The molecule has 38 heavy (non-hydrogen) atoms. The Balaban J connectivity index is 1.39. The maximum absolute atomic E-state index is 14.2. The molecule has 1 fully saturated rings. The molecule has 1 N–H and O–H groups in total. The third kappa shape index (κ3) is 7.10. The summed E-state index contributed by atoms with van der Waals surface area (Å²) in [5, 5.41) is 9.28. The number of amides is 1. The smallest absolute Gasteiger partial charge is 0.307 e. The van der Waals surface area contributed by atoms with Crippen molar-refractivity contribution in [2.45, 2.75) is 33.3 Å². The molecule has 8 heteroatoms. The maximum atomic E-state index is 14.2. The third-order valence-electron chi connectivity index (χ3n) is 5.86. The van der Waals surface area contributed by atoms with E-state index in [1.807, 2.05) is 24.3 Å². The van der Waals surface area contributed by atoms with Gasteiger partial charge in [0, 0.05) is 7.05 Å². The number of amidine groups is 1. The summed E-state index contributed by atoms with van der Waals surface area (Å²) in [6.07, 6.45) is 2.43. The van der Waals surface area contributed by atoms with E-state index in [-0.39, 0.29) is 11.5 Å². The minimum absolute atomic E-state index is 0.0810. The number of thioether (sulfide) groups is 1. The van der Waals surface area contributed by atoms with E-state index >= 15 is 0 Å². The quantitative estimate of drug-likeness (QED) is 0.320. The molecule has 0 aromatic heterocycles. The number of carboxylic acid groups (broad SMARTS) is 1. The first-order valence-electron chi connectivity index (χ1n) is 12.2. The minimum atomic E-state index is -1.11. The Morgan fingerprint density at radius 1 is 1.08 bits per heavy atom. The van der Waals surface area contributed by atoms with Crippen LogP contribution in [0.1, 0.15) is 36.1 Å². The fraction of sp³-hybridized carbons (Fsp3) is 0.233. The van der Waals surface area contributed by atoms with Crippen molar-refractivity contribution in [1.29, 1.82) is 0 Å². The van der Waals surface area contributed by atoms with Gasteiger partial charge in [-0.25, -0.2) is 9.38 Å². The number of hydrogen-bond acceptors (Lipinski definition) is 5. The second kappa shape index (κ2) is 12.1. The van der Waals surface area contributed by atoms with Crippen molar-refractivity contribution < 1.29 is 23.8 Å². The van der Waals surface area contributed by atoms with Crippen molar-refractivity contribution in [2.75, 3.05) is 7.05 Å². The second-order valence-corrected chi connectivity index (χ2v) is 10.5. The van der Waals surface area contributed by atoms with Gasteiger partial charge in [-0.1, -0.05) is 56.3 Å². The van der Waals surface area contributed by atoms with Gasteiger partial charge in [0.1, 0.15) is 18.2 Å². The number of carbonyl (C=O) groups excluding carboxylic acids is 1. The monoisotopic (exact) mass is 532 g/mol. The van der Waals surface area contributed by atoms with Crippen LogP contribution in [0, 0.1) is 11.7 Å². The molecule has 1 saturated heterocycles. The zero-order valence-electron chi connectivity index (χ0n) is 21.5. The molecule has 3 aromatic rings. The molecule has 3 aromatic carbocycles. The average Bonchev–Trinajstić information content (AvgIpc) is 3.13. The number of hydrogen-bond donors (Lipinski definition) is 1. The molecule has 1 amide bonds. The highest BCUT2D eigenvalue weighted by Crippen LogP contribution is 2.33. The largest absolute Gasteiger partial charge is 0.489 e. The highest BCUT2D eigenvalue weighted by molar-refractivity contribution is 8.18. The molecule has 0 aliphatic carbocycles. The van der Waals surface area contributed by atoms with Crippen LogP contribution >= 0.6 is 11.8 Å². The predicted octanol–water partition coefficient (Wildman–Crippen LogP) is 6.46. The number of halogens is 1. The van der Waals surface area contributed by atoms with E-state index in [9.17, 15) is 14.0 Å². The molecule has 0 unspecified atom stereocenters. The van der Waals surface area contributed by atoms with E-state index in [0.29, 0.717) is 28.3 Å². The minimum Gasteiger partial charge on any atom is -0.489 e. The Labute approximate surface area is 225 Å². The van der Waals surface area contributed by atoms with Gasteiger partial charge < -0.3 is 9.84 Å². The van der Waals surface area contributed by atoms with Crippen molar-refractivity contribution in [3.63, 3.8) is 0 Å². The number of aliphatic imine (C=N–C) groups is 1. The van der Waals surface area contributed by atoms with E-state index < -0.39 is 18.2 Å². The van der Waals surface area contributed by atoms with E-state index in [1.165, 1.54) is 40.4 Å². The first kappa shape index (κ1) is 27.1. The van der Waals surface area contributed by atoms with Gasteiger partial charge in [0.15, 0.2) is 5.17 Å². The highest BCUT2D eigenvalue weighted by atomic mass is 32.2. The first-order chi connectivity index (χ1) is 18.2. The first-order valence-corrected chi connectivity index (χ1v) is 13.1. The number of carboxylic acids is 1. The van der Waals surface area contributed by atoms with E-state index in [2.05, 4.69) is 43.1 Å². The number of ether oxygens (including phenoxy) is 1. The van der Waals surface area contributed by atoms with Crippen LogP contribution in [0.4, 0.5) is 10.1 Å². The lowest BCUT2D eigenvalue weighted by atomic mass is 10.0. The fourth-order valence-corrected chi connectivity index (χ4v) is 4.88. The van der Waals surface area contributed by atoms with Crippen LogP contribution in [0.2, 0.25) is 0 Å². The molecule has 0 saturated carbocycles. The Morgan fingerprint density at radius 2 is 1.76 bits per heavy atom. The van der Waals surface area contributed by atoms with E-state index in [0.717, 1.165) is 23.3 Å². The molecule has 0 bridgehead atoms. The molecule has 0 atom stereocenters. The zero-order valence-corrected chi connectivity index (χ0v) is 22.3. The molecular formula is C30H29FN2O4S. The summed E-state index contributed by atoms with van der Waals surface area (Å²) in [4.78, 5) is 29.9. The van der Waals surface area contributed by atoms with Crippen LogP contribution in [-0.2, 0) is 29.0 Å². The molecule has 4 rings (SSSR count). The lowest BCUT2D eigenvalue weighted by Gasteiger charge is -2.09. The number of carbonyl (C=O) groups is 2. The molecule has 196 valence electrons. The molecular weight excluding hydrogens is 503 g/mol. The van der Waals surface area contributed by atoms with E-state index in [4.69, 9.17) is 9.84 Å². The van der Waals surface area contributed by atoms with Crippen LogP contribution in [0.3, 0.4) is 0 Å². The summed E-state index contributed by atoms with van der Waals surface area (Å²) < 4.78 is 20.1. The standard InChI is InChI=1S/C30H29FN2O4S/c1-19(2)14-20-4-6-22(7-5-20)18-37-25-12-8-21(9-13-25)15-27-29(36)33(3)30(38-27)32-24-11-10-23(16-28(34)35)26(31)17-24/h4-13,15,17,19H,14,16,18H2,1-3H3,(H,34,35)/b27-15-,32-30+. The van der Waals surface area contributed by atoms with Crippen LogP contribution in [-0.4, -0.2) is 34.1 Å². The Kier molecular flexibility index (Phi) is 8.63. The van der Waals surface area contributed by atoms with Crippen LogP contribution < -0.4 is 4.74 Å². The predicted molar refractivity (Wildman–Crippen MR) is 149 cm³/mol. The highest BCUT2D eigenvalue weighted by Gasteiger charge is 2.30. The summed E-state index contributed by atoms with van der Waals surface area (Å²) in [5.74, 6) is -0.612. The van der Waals surface area contributed by atoms with Gasteiger partial charge in [-0.3, -0.25) is 14.5 Å². The summed E-state index contributed by atoms with van der Waals surface area (Å²) in [7, 11) is 1.61. The van der Waals surface area contributed by atoms with Gasteiger partial charge in [0.2, 0.25) is 0 Å². The van der Waals surface area contributed by atoms with Crippen LogP contribution in [0.25, 0.3) is 6.08 Å². The Morgan fingerprint density at radius 3 is 2.39 bits per heavy atom. The van der Waals surface area contributed by atoms with Crippen LogP contribution in [0.5, 0.6) is 5.75 Å². The number of aliphatic carboxylic acids is 1. The summed E-state index contributed by atoms with van der Waals surface area (Å²) >= 11 is 1.19. The lowest BCUT2D eigenvalue weighted by molar-refractivity contribution is -0.136. The summed E-state index contributed by atoms with van der Waals surface area (Å²) in [6.45, 7) is 4.88. The topological polar surface area (TPSA) is 79.2 Å². The fourth-order valence-electron chi connectivity index (χ4n) is 3.90. The van der Waals surface area contributed by atoms with Gasteiger partial charge in [-0.15, -0.1) is 0 Å². The van der Waals surface area contributed by atoms with Gasteiger partial charge in [-0.05, 0) is 76.7 Å². The van der Waals surface area contributed by atoms with Crippen molar-refractivity contribution in [3.8, 4) is 5.75 Å². The van der Waals surface area contributed by atoms with Gasteiger partial charge >= 0.3 is 5.97 Å². The van der Waals surface area contributed by atoms with E-state index in [1.54, 1.807) is 13.1 Å². The SMILES string of the molecule is CC(C)Cc1ccc(COc2ccc(/C=C3\S/C(=N/c4ccc(CC(=O)O)c(F)c4)N(C)C3=O)cc2)cc1. The number of rotatable bonds is 9. The van der Waals surface area contributed by atoms with Gasteiger partial charge in [-0.2, -0.15) is 0 Å². The van der Waals surface area contributed by atoms with Gasteiger partial charge in [0.05, 0.1) is 17.0 Å². The third-order valence-corrected chi connectivity index (χ3v) is 6.92. The Bertz CT molecular complexity index is 1380. The molecule has 1 heterocycles. The zero-order chi connectivity index (χ0) is 27.2. The van der Waals surface area contributed by atoms with Crippen molar-refractivity contribution in [1.82, 2.24) is 4.90 Å². The van der Waals surface area contributed by atoms with Crippen LogP contribution in [0.15, 0.2) is 76.6 Å². The number of benzene rings is 3. The molecule has 6 nitrogen and oxygen atoms in total. The van der Waals surface area contributed by atoms with Crippen molar-refractivity contribution in [3.05, 3.63) is 99.7 Å². The van der Waals surface area contributed by atoms with Crippen molar-refractivity contribution in [2.24, 2.45) is 10.9 Å². The molecule has 0 spiro atoms. The average molecular weight is 533 g/mol. The normalized spacial score (nSPS) is 15.6.